The van der Waals surface area contributed by atoms with Crippen molar-refractivity contribution < 1.29 is 0 Å². The van der Waals surface area contributed by atoms with E-state index in [2.05, 4.69) is 150 Å². The van der Waals surface area contributed by atoms with Crippen molar-refractivity contribution >= 4 is 40.1 Å². The summed E-state index contributed by atoms with van der Waals surface area (Å²) in [7, 11) is 0. The molecule has 0 fully saturated rings. The predicted molar refractivity (Wildman–Crippen MR) is 263 cm³/mol. The van der Waals surface area contributed by atoms with Gasteiger partial charge in [0.15, 0.2) is 11.7 Å². The first kappa shape index (κ1) is 37.4. The fourth-order valence-electron chi connectivity index (χ4n) is 10.2. The fraction of sp³-hybridized carbons (Fsp3) is 0.0339. The monoisotopic (exact) mass is 817 g/mol. The van der Waals surface area contributed by atoms with E-state index in [1.807, 2.05) is 79.1 Å². The van der Waals surface area contributed by atoms with Crippen LogP contribution in [0.2, 0.25) is 0 Å². The number of fused-ring (bicyclic) bond motifs is 13. The molecule has 5 heteroatoms. The molecule has 2 aliphatic carbocycles. The second kappa shape index (κ2) is 15.2. The second-order valence-corrected chi connectivity index (χ2v) is 16.4. The van der Waals surface area contributed by atoms with Crippen molar-refractivity contribution in [2.75, 3.05) is 0 Å². The minimum Gasteiger partial charge on any atom is -0.264 e. The number of rotatable bonds is 6. The number of hydrogen-bond donors (Lipinski definition) is 0. The standard InChI is InChI=1S/C59H39N5/c1-60-57(39-16-4-2-5-17-39)64-58(40-18-6-3-7-19-40)62-36-38-32-42(34-43(33-38)56-50-37-61-31-30-44(50)49-23-11-15-27-55(49)63-56)41-28-29-48-47-22-10-14-26-53(47)59(54(48)35-41)51-24-12-8-20-45(51)46-21-9-13-25-52(46)59/h2-35,37H,1,36H2. The summed E-state index contributed by atoms with van der Waals surface area (Å²) >= 11 is 0. The fourth-order valence-corrected chi connectivity index (χ4v) is 10.2. The van der Waals surface area contributed by atoms with Crippen molar-refractivity contribution in [3.63, 3.8) is 0 Å². The first-order valence-corrected chi connectivity index (χ1v) is 21.6. The van der Waals surface area contributed by atoms with Gasteiger partial charge in [0.1, 0.15) is 0 Å². The lowest BCUT2D eigenvalue weighted by molar-refractivity contribution is 0.794. The Morgan fingerprint density at radius 3 is 1.72 bits per heavy atom. The van der Waals surface area contributed by atoms with E-state index in [1.165, 1.54) is 44.5 Å². The average Bonchev–Trinajstić information content (AvgIpc) is 3.84. The van der Waals surface area contributed by atoms with Gasteiger partial charge in [0.05, 0.1) is 23.2 Å². The number of benzene rings is 8. The van der Waals surface area contributed by atoms with Crippen molar-refractivity contribution in [1.82, 2.24) is 9.97 Å². The maximum atomic E-state index is 5.35. The SMILES string of the molecule is C=NC(=NC(=NCc1cc(-c2ccc3c(c2)C2(c4ccccc4-c4ccccc42)c2ccccc2-3)cc(-c2nc3ccccc3c3ccncc23)c1)c1ccccc1)c1ccccc1. The molecule has 2 aromatic heterocycles. The molecule has 0 saturated heterocycles. The third kappa shape index (κ3) is 5.89. The highest BCUT2D eigenvalue weighted by Crippen LogP contribution is 2.63. The van der Waals surface area contributed by atoms with E-state index in [1.54, 1.807) is 0 Å². The molecule has 10 aromatic rings. The Kier molecular flexibility index (Phi) is 8.87. The molecule has 5 nitrogen and oxygen atoms in total. The summed E-state index contributed by atoms with van der Waals surface area (Å²) in [5, 5.41) is 3.21. The quantitative estimate of drug-likeness (QED) is 0.0953. The summed E-state index contributed by atoms with van der Waals surface area (Å²) in [4.78, 5) is 24.6. The van der Waals surface area contributed by atoms with Gasteiger partial charge in [-0.05, 0) is 110 Å². The van der Waals surface area contributed by atoms with Crippen molar-refractivity contribution in [2.24, 2.45) is 15.0 Å². The van der Waals surface area contributed by atoms with Crippen LogP contribution in [0.4, 0.5) is 0 Å². The van der Waals surface area contributed by atoms with Crippen LogP contribution in [-0.2, 0) is 12.0 Å². The molecule has 0 bridgehead atoms. The van der Waals surface area contributed by atoms with Gasteiger partial charge in [0.2, 0.25) is 0 Å². The van der Waals surface area contributed by atoms with Crippen LogP contribution in [0.15, 0.2) is 228 Å². The van der Waals surface area contributed by atoms with Gasteiger partial charge >= 0.3 is 0 Å². The number of aliphatic imine (C=N–C) groups is 3. The summed E-state index contributed by atoms with van der Waals surface area (Å²) < 4.78 is 0. The number of para-hydroxylation sites is 1. The molecule has 2 aliphatic rings. The molecule has 8 aromatic carbocycles. The molecule has 0 saturated carbocycles. The zero-order valence-electron chi connectivity index (χ0n) is 34.9. The van der Waals surface area contributed by atoms with Gasteiger partial charge < -0.3 is 0 Å². The van der Waals surface area contributed by atoms with Gasteiger partial charge in [-0.25, -0.2) is 15.0 Å². The molecular formula is C59H39N5. The van der Waals surface area contributed by atoms with Gasteiger partial charge in [-0.15, -0.1) is 0 Å². The van der Waals surface area contributed by atoms with Crippen LogP contribution in [0.3, 0.4) is 0 Å². The molecule has 0 unspecified atom stereocenters. The highest BCUT2D eigenvalue weighted by atomic mass is 15.0. The Labute approximate surface area is 371 Å². The normalized spacial score (nSPS) is 13.4. The van der Waals surface area contributed by atoms with Crippen LogP contribution in [0, 0.1) is 0 Å². The van der Waals surface area contributed by atoms with E-state index in [0.717, 1.165) is 60.8 Å². The zero-order valence-corrected chi connectivity index (χ0v) is 34.9. The molecule has 0 amide bonds. The average molecular weight is 818 g/mol. The summed E-state index contributed by atoms with van der Waals surface area (Å²) in [5.74, 6) is 1.09. The van der Waals surface area contributed by atoms with Crippen molar-refractivity contribution in [2.45, 2.75) is 12.0 Å². The molecule has 0 aliphatic heterocycles. The third-order valence-electron chi connectivity index (χ3n) is 12.9. The van der Waals surface area contributed by atoms with Crippen molar-refractivity contribution in [3.8, 4) is 44.6 Å². The lowest BCUT2D eigenvalue weighted by Crippen LogP contribution is -2.25. The van der Waals surface area contributed by atoms with Crippen LogP contribution < -0.4 is 0 Å². The number of aromatic nitrogens is 2. The maximum absolute atomic E-state index is 5.35. The van der Waals surface area contributed by atoms with E-state index in [-0.39, 0.29) is 0 Å². The summed E-state index contributed by atoms with van der Waals surface area (Å²) in [5.41, 5.74) is 17.7. The second-order valence-electron chi connectivity index (χ2n) is 16.4. The Bertz CT molecular complexity index is 3490. The molecule has 2 heterocycles. The van der Waals surface area contributed by atoms with Gasteiger partial charge in [-0.1, -0.05) is 164 Å². The molecule has 0 atom stereocenters. The summed E-state index contributed by atoms with van der Waals surface area (Å²) in [6.45, 7) is 4.24. The molecule has 12 rings (SSSR count). The predicted octanol–water partition coefficient (Wildman–Crippen LogP) is 13.6. The molecular weight excluding hydrogens is 779 g/mol. The topological polar surface area (TPSA) is 62.9 Å². The summed E-state index contributed by atoms with van der Waals surface area (Å²) in [6.07, 6.45) is 3.80. The van der Waals surface area contributed by atoms with Crippen LogP contribution >= 0.6 is 0 Å². The Balaban J connectivity index is 1.08. The highest BCUT2D eigenvalue weighted by molar-refractivity contribution is 6.13. The van der Waals surface area contributed by atoms with E-state index in [0.29, 0.717) is 18.2 Å². The minimum atomic E-state index is -0.458. The smallest absolute Gasteiger partial charge is 0.161 e. The van der Waals surface area contributed by atoms with Gasteiger partial charge in [-0.3, -0.25) is 9.98 Å². The van der Waals surface area contributed by atoms with E-state index in [9.17, 15) is 0 Å². The van der Waals surface area contributed by atoms with Gasteiger partial charge in [0.25, 0.3) is 0 Å². The third-order valence-corrected chi connectivity index (χ3v) is 12.9. The van der Waals surface area contributed by atoms with Crippen molar-refractivity contribution in [3.05, 3.63) is 252 Å². The minimum absolute atomic E-state index is 0.360. The number of nitrogens with zero attached hydrogens (tertiary/aromatic N) is 5. The largest absolute Gasteiger partial charge is 0.264 e. The number of amidine groups is 2. The van der Waals surface area contributed by atoms with Crippen LogP contribution in [-0.4, -0.2) is 28.4 Å². The van der Waals surface area contributed by atoms with Crippen LogP contribution in [0.1, 0.15) is 38.9 Å². The van der Waals surface area contributed by atoms with Crippen LogP contribution in [0.25, 0.3) is 66.3 Å². The molecule has 0 N–H and O–H groups in total. The van der Waals surface area contributed by atoms with Crippen LogP contribution in [0.5, 0.6) is 0 Å². The van der Waals surface area contributed by atoms with Crippen molar-refractivity contribution in [1.29, 1.82) is 0 Å². The Morgan fingerprint density at radius 2 is 1.05 bits per heavy atom. The Hall–Kier alpha value is -8.41. The first-order valence-electron chi connectivity index (χ1n) is 21.6. The van der Waals surface area contributed by atoms with E-state index >= 15 is 0 Å². The van der Waals surface area contributed by atoms with Gasteiger partial charge in [0, 0.05) is 39.9 Å². The van der Waals surface area contributed by atoms with E-state index in [4.69, 9.17) is 15.0 Å². The first-order chi connectivity index (χ1) is 31.7. The van der Waals surface area contributed by atoms with Gasteiger partial charge in [-0.2, -0.15) is 0 Å². The number of hydrogen-bond acceptors (Lipinski definition) is 3. The van der Waals surface area contributed by atoms with E-state index < -0.39 is 5.41 Å². The lowest BCUT2D eigenvalue weighted by Gasteiger charge is -2.30. The molecule has 1 spiro atoms. The molecule has 64 heavy (non-hydrogen) atoms. The maximum Gasteiger partial charge on any atom is 0.161 e. The molecule has 0 radical (unpaired) electrons. The summed E-state index contributed by atoms with van der Waals surface area (Å²) in [6, 6.07) is 71.1. The molecule has 300 valence electrons. The Morgan fingerprint density at radius 1 is 0.469 bits per heavy atom. The highest BCUT2D eigenvalue weighted by Gasteiger charge is 2.51. The lowest BCUT2D eigenvalue weighted by atomic mass is 9.70. The number of pyridine rings is 2. The zero-order chi connectivity index (χ0) is 42.6.